The number of hydrogen-bond donors (Lipinski definition) is 1. The van der Waals surface area contributed by atoms with Gasteiger partial charge in [0.25, 0.3) is 0 Å². The molecule has 0 aliphatic heterocycles. The van der Waals surface area contributed by atoms with Gasteiger partial charge in [-0.25, -0.2) is 0 Å². The molecule has 2 saturated carbocycles. The number of hydrogen-bond acceptors (Lipinski definition) is 2. The van der Waals surface area contributed by atoms with Crippen LogP contribution in [-0.4, -0.2) is 37.1 Å². The molecule has 3 unspecified atom stereocenters. The number of rotatable bonds is 5. The van der Waals surface area contributed by atoms with Gasteiger partial charge in [-0.1, -0.05) is 6.92 Å². The summed E-state index contributed by atoms with van der Waals surface area (Å²) in [4.78, 5) is 2.39. The molecule has 3 atom stereocenters. The van der Waals surface area contributed by atoms with Gasteiger partial charge in [0.1, 0.15) is 0 Å². The van der Waals surface area contributed by atoms with Crippen molar-refractivity contribution in [2.75, 3.05) is 14.1 Å². The molecule has 0 spiro atoms. The Hall–Kier alpha value is -0.0800. The van der Waals surface area contributed by atoms with Crippen LogP contribution in [-0.2, 0) is 0 Å². The molecule has 2 aliphatic carbocycles. The zero-order chi connectivity index (χ0) is 10.8. The van der Waals surface area contributed by atoms with Crippen LogP contribution in [0.5, 0.6) is 0 Å². The molecule has 0 bridgehead atoms. The van der Waals surface area contributed by atoms with Gasteiger partial charge in [-0.05, 0) is 58.5 Å². The average molecular weight is 210 g/mol. The third-order valence-electron chi connectivity index (χ3n) is 4.22. The fraction of sp³-hybridized carbons (Fsp3) is 1.00. The van der Waals surface area contributed by atoms with E-state index in [1.165, 1.54) is 38.5 Å². The van der Waals surface area contributed by atoms with Gasteiger partial charge >= 0.3 is 0 Å². The van der Waals surface area contributed by atoms with E-state index >= 15 is 0 Å². The predicted octanol–water partition coefficient (Wildman–Crippen LogP) is 2.25. The molecule has 2 aliphatic rings. The maximum atomic E-state index is 3.89. The fourth-order valence-electron chi connectivity index (χ4n) is 2.97. The summed E-state index contributed by atoms with van der Waals surface area (Å²) >= 11 is 0. The quantitative estimate of drug-likeness (QED) is 0.749. The Balaban J connectivity index is 1.75. The zero-order valence-corrected chi connectivity index (χ0v) is 10.5. The van der Waals surface area contributed by atoms with Crippen molar-refractivity contribution in [2.45, 2.75) is 63.6 Å². The van der Waals surface area contributed by atoms with Gasteiger partial charge in [-0.3, -0.25) is 0 Å². The highest BCUT2D eigenvalue weighted by Gasteiger charge is 2.33. The predicted molar refractivity (Wildman–Crippen MR) is 65.1 cm³/mol. The van der Waals surface area contributed by atoms with E-state index in [0.717, 1.165) is 24.0 Å². The SMILES string of the molecule is CCC(NC1CCC(N(C)C)C1)C1CC1. The maximum absolute atomic E-state index is 3.89. The third-order valence-corrected chi connectivity index (χ3v) is 4.22. The highest BCUT2D eigenvalue weighted by atomic mass is 15.1. The van der Waals surface area contributed by atoms with E-state index < -0.39 is 0 Å². The smallest absolute Gasteiger partial charge is 0.0105 e. The lowest BCUT2D eigenvalue weighted by Gasteiger charge is -2.23. The van der Waals surface area contributed by atoms with E-state index in [9.17, 15) is 0 Å². The summed E-state index contributed by atoms with van der Waals surface area (Å²) < 4.78 is 0. The van der Waals surface area contributed by atoms with Crippen molar-refractivity contribution in [1.82, 2.24) is 10.2 Å². The maximum Gasteiger partial charge on any atom is 0.0105 e. The summed E-state index contributed by atoms with van der Waals surface area (Å²) in [6.45, 7) is 2.33. The van der Waals surface area contributed by atoms with Gasteiger partial charge in [-0.15, -0.1) is 0 Å². The summed E-state index contributed by atoms with van der Waals surface area (Å²) in [7, 11) is 4.43. The minimum Gasteiger partial charge on any atom is -0.311 e. The summed E-state index contributed by atoms with van der Waals surface area (Å²) in [5.41, 5.74) is 0. The number of nitrogens with one attached hydrogen (secondary N) is 1. The first-order chi connectivity index (χ1) is 7.20. The first-order valence-corrected chi connectivity index (χ1v) is 6.63. The molecule has 2 fully saturated rings. The molecule has 2 nitrogen and oxygen atoms in total. The van der Waals surface area contributed by atoms with Crippen LogP contribution in [0.15, 0.2) is 0 Å². The second-order valence-electron chi connectivity index (χ2n) is 5.65. The van der Waals surface area contributed by atoms with Crippen molar-refractivity contribution in [1.29, 1.82) is 0 Å². The van der Waals surface area contributed by atoms with E-state index in [1.807, 2.05) is 0 Å². The summed E-state index contributed by atoms with van der Waals surface area (Å²) in [6, 6.07) is 2.43. The average Bonchev–Trinajstić information content (AvgIpc) is 2.94. The first-order valence-electron chi connectivity index (χ1n) is 6.63. The van der Waals surface area contributed by atoms with Crippen molar-refractivity contribution in [3.05, 3.63) is 0 Å². The van der Waals surface area contributed by atoms with Crippen LogP contribution >= 0.6 is 0 Å². The molecule has 0 radical (unpaired) electrons. The van der Waals surface area contributed by atoms with Crippen LogP contribution in [0, 0.1) is 5.92 Å². The van der Waals surface area contributed by atoms with Gasteiger partial charge in [-0.2, -0.15) is 0 Å². The first kappa shape index (κ1) is 11.4. The topological polar surface area (TPSA) is 15.3 Å². The van der Waals surface area contributed by atoms with Crippen molar-refractivity contribution in [2.24, 2.45) is 5.92 Å². The van der Waals surface area contributed by atoms with Gasteiger partial charge in [0, 0.05) is 18.1 Å². The largest absolute Gasteiger partial charge is 0.311 e. The highest BCUT2D eigenvalue weighted by Crippen LogP contribution is 2.35. The summed E-state index contributed by atoms with van der Waals surface area (Å²) in [5, 5.41) is 3.89. The van der Waals surface area contributed by atoms with Crippen LogP contribution in [0.4, 0.5) is 0 Å². The van der Waals surface area contributed by atoms with Crippen LogP contribution < -0.4 is 5.32 Å². The normalized spacial score (nSPS) is 33.6. The molecule has 88 valence electrons. The Morgan fingerprint density at radius 3 is 2.40 bits per heavy atom. The molecule has 0 amide bonds. The Labute approximate surface area is 94.4 Å². The molecule has 1 N–H and O–H groups in total. The number of nitrogens with zero attached hydrogens (tertiary/aromatic N) is 1. The molecule has 0 saturated heterocycles. The zero-order valence-electron chi connectivity index (χ0n) is 10.5. The molecular weight excluding hydrogens is 184 g/mol. The van der Waals surface area contributed by atoms with Crippen LogP contribution in [0.25, 0.3) is 0 Å². The van der Waals surface area contributed by atoms with E-state index in [-0.39, 0.29) is 0 Å². The van der Waals surface area contributed by atoms with Crippen molar-refractivity contribution in [3.8, 4) is 0 Å². The molecule has 0 heterocycles. The summed E-state index contributed by atoms with van der Waals surface area (Å²) in [6.07, 6.45) is 8.37. The van der Waals surface area contributed by atoms with E-state index in [1.54, 1.807) is 0 Å². The van der Waals surface area contributed by atoms with Crippen molar-refractivity contribution in [3.63, 3.8) is 0 Å². The second-order valence-corrected chi connectivity index (χ2v) is 5.65. The molecule has 0 aromatic rings. The Morgan fingerprint density at radius 1 is 1.20 bits per heavy atom. The molecule has 15 heavy (non-hydrogen) atoms. The Morgan fingerprint density at radius 2 is 1.93 bits per heavy atom. The van der Waals surface area contributed by atoms with Gasteiger partial charge in [0.05, 0.1) is 0 Å². The van der Waals surface area contributed by atoms with Crippen LogP contribution in [0.1, 0.15) is 45.4 Å². The molecular formula is C13H26N2. The van der Waals surface area contributed by atoms with Crippen LogP contribution in [0.2, 0.25) is 0 Å². The third kappa shape index (κ3) is 2.94. The molecule has 0 aromatic heterocycles. The minimum absolute atomic E-state index is 0.794. The lowest BCUT2D eigenvalue weighted by atomic mass is 10.1. The van der Waals surface area contributed by atoms with Gasteiger partial charge < -0.3 is 10.2 Å². The monoisotopic (exact) mass is 210 g/mol. The van der Waals surface area contributed by atoms with Gasteiger partial charge in [0.15, 0.2) is 0 Å². The molecule has 2 rings (SSSR count). The van der Waals surface area contributed by atoms with E-state index in [4.69, 9.17) is 0 Å². The van der Waals surface area contributed by atoms with Crippen molar-refractivity contribution >= 4 is 0 Å². The van der Waals surface area contributed by atoms with Crippen LogP contribution in [0.3, 0.4) is 0 Å². The van der Waals surface area contributed by atoms with Crippen molar-refractivity contribution < 1.29 is 0 Å². The minimum atomic E-state index is 0.794. The summed E-state index contributed by atoms with van der Waals surface area (Å²) in [5.74, 6) is 1.01. The molecule has 0 aromatic carbocycles. The fourth-order valence-corrected chi connectivity index (χ4v) is 2.97. The second kappa shape index (κ2) is 4.84. The Bertz CT molecular complexity index is 199. The Kier molecular flexibility index (Phi) is 3.68. The van der Waals surface area contributed by atoms with E-state index in [2.05, 4.69) is 31.2 Å². The van der Waals surface area contributed by atoms with E-state index in [0.29, 0.717) is 0 Å². The lowest BCUT2D eigenvalue weighted by Crippen LogP contribution is -2.39. The standard InChI is InChI=1S/C13H26N2/c1-4-13(10-5-6-10)14-11-7-8-12(9-11)15(2)3/h10-14H,4-9H2,1-3H3. The van der Waals surface area contributed by atoms with Gasteiger partial charge in [0.2, 0.25) is 0 Å². The molecule has 2 heteroatoms. The highest BCUT2D eigenvalue weighted by molar-refractivity contribution is 4.91. The lowest BCUT2D eigenvalue weighted by molar-refractivity contribution is 0.288.